The number of fused-ring (bicyclic) bond motifs is 1. The average molecular weight is 362 g/mol. The maximum Gasteiger partial charge on any atom is 0.417 e. The minimum atomic E-state index is -4.45. The minimum absolute atomic E-state index is 0.0924. The molecule has 0 aliphatic carbocycles. The Kier molecular flexibility index (Phi) is 4.20. The van der Waals surface area contributed by atoms with Gasteiger partial charge in [0.25, 0.3) is 0 Å². The Morgan fingerprint density at radius 1 is 1.29 bits per heavy atom. The molecule has 1 saturated heterocycles. The molecule has 1 aliphatic heterocycles. The molecular formula is C14H17F3N4O2S. The molecule has 3 heterocycles. The first-order chi connectivity index (χ1) is 11.1. The third-order valence-corrected chi connectivity index (χ3v) is 5.43. The second kappa shape index (κ2) is 5.92. The van der Waals surface area contributed by atoms with Crippen molar-refractivity contribution in [3.8, 4) is 0 Å². The van der Waals surface area contributed by atoms with E-state index >= 15 is 0 Å². The number of imidazole rings is 1. The zero-order chi connectivity index (χ0) is 17.5. The summed E-state index contributed by atoms with van der Waals surface area (Å²) in [7, 11) is -3.23. The van der Waals surface area contributed by atoms with Crippen LogP contribution in [0.3, 0.4) is 0 Å². The van der Waals surface area contributed by atoms with Crippen LogP contribution in [-0.4, -0.2) is 47.5 Å². The van der Waals surface area contributed by atoms with Crippen molar-refractivity contribution in [1.29, 1.82) is 0 Å². The number of nitrogens with zero attached hydrogens (tertiary/aromatic N) is 3. The smallest absolute Gasteiger partial charge is 0.380 e. The van der Waals surface area contributed by atoms with Gasteiger partial charge in [-0.2, -0.15) is 13.2 Å². The van der Waals surface area contributed by atoms with Crippen LogP contribution in [0.2, 0.25) is 0 Å². The number of hydrogen-bond donors (Lipinski definition) is 1. The Morgan fingerprint density at radius 2 is 1.96 bits per heavy atom. The van der Waals surface area contributed by atoms with Crippen LogP contribution in [0.25, 0.3) is 5.52 Å². The molecule has 3 rings (SSSR count). The molecule has 0 bridgehead atoms. The first-order valence-corrected chi connectivity index (χ1v) is 9.24. The van der Waals surface area contributed by atoms with E-state index in [9.17, 15) is 21.6 Å². The largest absolute Gasteiger partial charge is 0.417 e. The van der Waals surface area contributed by atoms with Crippen molar-refractivity contribution < 1.29 is 21.6 Å². The molecule has 0 aromatic carbocycles. The highest BCUT2D eigenvalue weighted by Crippen LogP contribution is 2.33. The molecule has 0 saturated carbocycles. The lowest BCUT2D eigenvalue weighted by atomic mass is 10.1. The zero-order valence-electron chi connectivity index (χ0n) is 12.9. The standard InChI is InChI=1S/C14H17F3N4O2S/c1-24(22,23)21-4-2-11(3-5-21)19-12-6-10(14(15,16)17)8-20-9-18-7-13(12)20/h6-9,11,19H,2-5H2,1H3. The third kappa shape index (κ3) is 3.48. The number of piperidine rings is 1. The maximum atomic E-state index is 13.0. The van der Waals surface area contributed by atoms with Crippen LogP contribution in [0.4, 0.5) is 18.9 Å². The lowest BCUT2D eigenvalue weighted by molar-refractivity contribution is -0.137. The molecule has 1 aliphatic rings. The molecule has 2 aromatic heterocycles. The van der Waals surface area contributed by atoms with Gasteiger partial charge in [0.1, 0.15) is 0 Å². The summed E-state index contributed by atoms with van der Waals surface area (Å²) in [5, 5.41) is 3.11. The van der Waals surface area contributed by atoms with Crippen molar-refractivity contribution in [2.45, 2.75) is 25.1 Å². The Bertz CT molecular complexity index is 839. The normalized spacial score (nSPS) is 18.2. The summed E-state index contributed by atoms with van der Waals surface area (Å²) < 4.78 is 64.8. The van der Waals surface area contributed by atoms with Crippen LogP contribution in [0.15, 0.2) is 24.8 Å². The first-order valence-electron chi connectivity index (χ1n) is 7.39. The Morgan fingerprint density at radius 3 is 2.54 bits per heavy atom. The van der Waals surface area contributed by atoms with E-state index < -0.39 is 21.8 Å². The van der Waals surface area contributed by atoms with Gasteiger partial charge < -0.3 is 9.72 Å². The number of anilines is 1. The number of aromatic nitrogens is 2. The van der Waals surface area contributed by atoms with Crippen molar-refractivity contribution in [3.63, 3.8) is 0 Å². The Balaban J connectivity index is 1.82. The fourth-order valence-corrected chi connectivity index (χ4v) is 3.73. The van der Waals surface area contributed by atoms with Crippen LogP contribution >= 0.6 is 0 Å². The first kappa shape index (κ1) is 17.0. The van der Waals surface area contributed by atoms with E-state index in [2.05, 4.69) is 10.3 Å². The molecule has 2 aromatic rings. The predicted octanol–water partition coefficient (Wildman–Crippen LogP) is 2.19. The Labute approximate surface area is 137 Å². The van der Waals surface area contributed by atoms with E-state index in [1.807, 2.05) is 0 Å². The van der Waals surface area contributed by atoms with Crippen LogP contribution in [0.5, 0.6) is 0 Å². The second-order valence-electron chi connectivity index (χ2n) is 5.91. The topological polar surface area (TPSA) is 66.7 Å². The summed E-state index contributed by atoms with van der Waals surface area (Å²) in [6, 6.07) is 0.977. The molecule has 6 nitrogen and oxygen atoms in total. The molecule has 1 fully saturated rings. The molecular weight excluding hydrogens is 345 g/mol. The van der Waals surface area contributed by atoms with Crippen molar-refractivity contribution >= 4 is 21.2 Å². The van der Waals surface area contributed by atoms with Crippen LogP contribution in [-0.2, 0) is 16.2 Å². The van der Waals surface area contributed by atoms with Gasteiger partial charge in [-0.25, -0.2) is 17.7 Å². The maximum absolute atomic E-state index is 13.0. The van der Waals surface area contributed by atoms with E-state index in [4.69, 9.17) is 0 Å². The summed E-state index contributed by atoms with van der Waals surface area (Å²) >= 11 is 0. The average Bonchev–Trinajstić information content (AvgIpc) is 2.94. The number of rotatable bonds is 3. The van der Waals surface area contributed by atoms with Crippen molar-refractivity contribution in [2.75, 3.05) is 24.7 Å². The van der Waals surface area contributed by atoms with Gasteiger partial charge in [0.15, 0.2) is 0 Å². The number of sulfonamides is 1. The van der Waals surface area contributed by atoms with Gasteiger partial charge in [-0.05, 0) is 18.9 Å². The molecule has 0 atom stereocenters. The van der Waals surface area contributed by atoms with Crippen LogP contribution < -0.4 is 5.32 Å². The fourth-order valence-electron chi connectivity index (χ4n) is 2.86. The molecule has 24 heavy (non-hydrogen) atoms. The molecule has 0 radical (unpaired) electrons. The third-order valence-electron chi connectivity index (χ3n) is 4.13. The molecule has 0 unspecified atom stereocenters. The predicted molar refractivity (Wildman–Crippen MR) is 83.3 cm³/mol. The quantitative estimate of drug-likeness (QED) is 0.909. The van der Waals surface area contributed by atoms with Crippen LogP contribution in [0.1, 0.15) is 18.4 Å². The van der Waals surface area contributed by atoms with E-state index in [0.29, 0.717) is 37.1 Å². The highest BCUT2D eigenvalue weighted by molar-refractivity contribution is 7.88. The van der Waals surface area contributed by atoms with Gasteiger partial charge in [0.2, 0.25) is 10.0 Å². The molecule has 0 spiro atoms. The monoisotopic (exact) mass is 362 g/mol. The molecule has 132 valence electrons. The molecule has 0 amide bonds. The highest BCUT2D eigenvalue weighted by atomic mass is 32.2. The van der Waals surface area contributed by atoms with E-state index in [-0.39, 0.29) is 6.04 Å². The van der Waals surface area contributed by atoms with Crippen molar-refractivity contribution in [3.05, 3.63) is 30.4 Å². The van der Waals surface area contributed by atoms with Gasteiger partial charge in [0, 0.05) is 25.3 Å². The van der Waals surface area contributed by atoms with Crippen LogP contribution in [0, 0.1) is 0 Å². The number of nitrogens with one attached hydrogen (secondary N) is 1. The fraction of sp³-hybridized carbons (Fsp3) is 0.500. The summed E-state index contributed by atoms with van der Waals surface area (Å²) in [6.07, 6.45) is 1.58. The van der Waals surface area contributed by atoms with E-state index in [0.717, 1.165) is 18.5 Å². The SMILES string of the molecule is CS(=O)(=O)N1CCC(Nc2cc(C(F)(F)F)cn3cncc23)CC1. The summed E-state index contributed by atoms with van der Waals surface area (Å²) in [5.41, 5.74) is 0.137. The van der Waals surface area contributed by atoms with E-state index in [1.165, 1.54) is 21.2 Å². The minimum Gasteiger partial charge on any atom is -0.380 e. The molecule has 10 heteroatoms. The lowest BCUT2D eigenvalue weighted by Crippen LogP contribution is -2.41. The highest BCUT2D eigenvalue weighted by Gasteiger charge is 2.32. The van der Waals surface area contributed by atoms with Gasteiger partial charge in [-0.1, -0.05) is 0 Å². The van der Waals surface area contributed by atoms with Crippen molar-refractivity contribution in [1.82, 2.24) is 13.7 Å². The Hall–Kier alpha value is -1.81. The van der Waals surface area contributed by atoms with Gasteiger partial charge in [-0.15, -0.1) is 0 Å². The number of alkyl halides is 3. The van der Waals surface area contributed by atoms with Crippen molar-refractivity contribution in [2.24, 2.45) is 0 Å². The second-order valence-corrected chi connectivity index (χ2v) is 7.89. The molecule has 1 N–H and O–H groups in total. The summed E-state index contributed by atoms with van der Waals surface area (Å²) in [5.74, 6) is 0. The van der Waals surface area contributed by atoms with Gasteiger partial charge in [-0.3, -0.25) is 0 Å². The van der Waals surface area contributed by atoms with E-state index in [1.54, 1.807) is 0 Å². The zero-order valence-corrected chi connectivity index (χ0v) is 13.7. The number of pyridine rings is 1. The number of hydrogen-bond acceptors (Lipinski definition) is 4. The van der Waals surface area contributed by atoms with Gasteiger partial charge >= 0.3 is 6.18 Å². The summed E-state index contributed by atoms with van der Waals surface area (Å²) in [6.45, 7) is 0.704. The lowest BCUT2D eigenvalue weighted by Gasteiger charge is -2.31. The number of halogens is 3. The summed E-state index contributed by atoms with van der Waals surface area (Å²) in [4.78, 5) is 3.89. The van der Waals surface area contributed by atoms with Gasteiger partial charge in [0.05, 0.1) is 35.5 Å².